The van der Waals surface area contributed by atoms with E-state index in [0.29, 0.717) is 10.6 Å². The average Bonchev–Trinajstić information content (AvgIpc) is 2.66. The number of rotatable bonds is 6. The lowest BCUT2D eigenvalue weighted by molar-refractivity contribution is -0.139. The molecule has 5 heteroatoms. The maximum absolute atomic E-state index is 12.2. The van der Waals surface area contributed by atoms with Gasteiger partial charge in [0.25, 0.3) is 0 Å². The molecule has 0 amide bonds. The minimum absolute atomic E-state index is 0.116. The van der Waals surface area contributed by atoms with E-state index in [9.17, 15) is 9.59 Å². The van der Waals surface area contributed by atoms with E-state index in [0.717, 1.165) is 26.8 Å². The highest BCUT2D eigenvalue weighted by atomic mass is 35.5. The van der Waals surface area contributed by atoms with Gasteiger partial charge >= 0.3 is 5.97 Å². The third-order valence-electron chi connectivity index (χ3n) is 4.35. The second-order valence-corrected chi connectivity index (χ2v) is 7.69. The van der Waals surface area contributed by atoms with Gasteiger partial charge in [-0.3, -0.25) is 9.59 Å². The Balaban J connectivity index is 1.59. The fourth-order valence-corrected chi connectivity index (χ4v) is 3.95. The van der Waals surface area contributed by atoms with Crippen LogP contribution in [0, 0.1) is 13.8 Å². The Morgan fingerprint density at radius 1 is 1.00 bits per heavy atom. The number of benzene rings is 3. The number of carbonyl (C=O) groups excluding carboxylic acids is 2. The lowest BCUT2D eigenvalue weighted by atomic mass is 10.0. The number of ketones is 1. The number of fused-ring (bicyclic) bond motifs is 1. The molecule has 0 bridgehead atoms. The van der Waals surface area contributed by atoms with E-state index >= 15 is 0 Å². The first kappa shape index (κ1) is 19.5. The molecule has 0 aliphatic carbocycles. The zero-order valence-electron chi connectivity index (χ0n) is 15.1. The molecule has 138 valence electrons. The molecule has 27 heavy (non-hydrogen) atoms. The number of thioether (sulfide) groups is 1. The standard InChI is InChI=1S/C22H19ClO3S/c1-14-9-10-17(11-15(14)2)19(24)12-26-21(25)13-27-20-8-4-6-16-5-3-7-18(23)22(16)20/h3-11H,12-13H2,1-2H3. The summed E-state index contributed by atoms with van der Waals surface area (Å²) in [5.74, 6) is -0.518. The van der Waals surface area contributed by atoms with E-state index in [2.05, 4.69) is 0 Å². The van der Waals surface area contributed by atoms with Crippen LogP contribution >= 0.6 is 23.4 Å². The monoisotopic (exact) mass is 398 g/mol. The summed E-state index contributed by atoms with van der Waals surface area (Å²) in [5, 5.41) is 2.59. The SMILES string of the molecule is Cc1ccc(C(=O)COC(=O)CSc2cccc3cccc(Cl)c23)cc1C. The number of ether oxygens (including phenoxy) is 1. The largest absolute Gasteiger partial charge is 0.457 e. The molecule has 0 saturated carbocycles. The first-order valence-electron chi connectivity index (χ1n) is 8.52. The maximum atomic E-state index is 12.2. The molecule has 0 N–H and O–H groups in total. The molecule has 0 spiro atoms. The van der Waals surface area contributed by atoms with Crippen LogP contribution in [-0.2, 0) is 9.53 Å². The summed E-state index contributed by atoms with van der Waals surface area (Å²) < 4.78 is 5.15. The molecule has 0 saturated heterocycles. The molecule has 0 aliphatic rings. The normalized spacial score (nSPS) is 10.8. The number of halogens is 1. The van der Waals surface area contributed by atoms with Crippen molar-refractivity contribution in [3.63, 3.8) is 0 Å². The smallest absolute Gasteiger partial charge is 0.316 e. The van der Waals surface area contributed by atoms with E-state index < -0.39 is 5.97 Å². The summed E-state index contributed by atoms with van der Waals surface area (Å²) in [6.45, 7) is 3.68. The Kier molecular flexibility index (Phi) is 6.19. The molecule has 0 fully saturated rings. The average molecular weight is 399 g/mol. The Hall–Kier alpha value is -2.30. The molecule has 0 atom stereocenters. The topological polar surface area (TPSA) is 43.4 Å². The van der Waals surface area contributed by atoms with E-state index in [1.54, 1.807) is 6.07 Å². The van der Waals surface area contributed by atoms with Crippen LogP contribution < -0.4 is 0 Å². The van der Waals surface area contributed by atoms with E-state index in [1.165, 1.54) is 11.8 Å². The first-order chi connectivity index (χ1) is 13.0. The molecule has 0 heterocycles. The van der Waals surface area contributed by atoms with Gasteiger partial charge in [0.2, 0.25) is 0 Å². The van der Waals surface area contributed by atoms with Gasteiger partial charge in [-0.2, -0.15) is 0 Å². The fourth-order valence-electron chi connectivity index (χ4n) is 2.71. The molecule has 0 radical (unpaired) electrons. The fraction of sp³-hybridized carbons (Fsp3) is 0.182. The highest BCUT2D eigenvalue weighted by Gasteiger charge is 2.12. The Labute approximate surface area is 167 Å². The van der Waals surface area contributed by atoms with Crippen molar-refractivity contribution in [2.75, 3.05) is 12.4 Å². The second-order valence-electron chi connectivity index (χ2n) is 6.27. The lowest BCUT2D eigenvalue weighted by Crippen LogP contribution is -2.15. The van der Waals surface area contributed by atoms with E-state index in [4.69, 9.17) is 16.3 Å². The van der Waals surface area contributed by atoms with Crippen molar-refractivity contribution in [1.82, 2.24) is 0 Å². The number of aryl methyl sites for hydroxylation is 2. The number of hydrogen-bond donors (Lipinski definition) is 0. The maximum Gasteiger partial charge on any atom is 0.316 e. The molecule has 3 nitrogen and oxygen atoms in total. The van der Waals surface area contributed by atoms with Gasteiger partial charge in [-0.25, -0.2) is 0 Å². The van der Waals surface area contributed by atoms with Crippen molar-refractivity contribution in [3.05, 3.63) is 76.3 Å². The van der Waals surface area contributed by atoms with Crippen LogP contribution in [0.2, 0.25) is 5.02 Å². The third-order valence-corrected chi connectivity index (χ3v) is 5.70. The molecule has 3 rings (SSSR count). The minimum Gasteiger partial charge on any atom is -0.457 e. The van der Waals surface area contributed by atoms with Crippen molar-refractivity contribution < 1.29 is 14.3 Å². The molecular weight excluding hydrogens is 380 g/mol. The lowest BCUT2D eigenvalue weighted by Gasteiger charge is -2.09. The highest BCUT2D eigenvalue weighted by Crippen LogP contribution is 2.33. The Morgan fingerprint density at radius 3 is 2.48 bits per heavy atom. The van der Waals surface area contributed by atoms with E-state index in [1.807, 2.05) is 62.4 Å². The van der Waals surface area contributed by atoms with E-state index in [-0.39, 0.29) is 18.1 Å². The summed E-state index contributed by atoms with van der Waals surface area (Å²) in [5.41, 5.74) is 2.71. The number of hydrogen-bond acceptors (Lipinski definition) is 4. The number of Topliss-reactive ketones (excluding diaryl/α,β-unsaturated/α-hetero) is 1. The van der Waals surface area contributed by atoms with Crippen molar-refractivity contribution in [1.29, 1.82) is 0 Å². The van der Waals surface area contributed by atoms with Gasteiger partial charge in [0.1, 0.15) is 0 Å². The van der Waals surface area contributed by atoms with Gasteiger partial charge in [0.05, 0.1) is 5.75 Å². The zero-order chi connectivity index (χ0) is 19.4. The number of esters is 1. The summed E-state index contributed by atoms with van der Waals surface area (Å²) in [6.07, 6.45) is 0. The molecule has 0 aromatic heterocycles. The van der Waals surface area contributed by atoms with Gasteiger partial charge in [0.15, 0.2) is 12.4 Å². The van der Waals surface area contributed by atoms with Crippen LogP contribution in [0.3, 0.4) is 0 Å². The van der Waals surface area contributed by atoms with Crippen molar-refractivity contribution in [2.24, 2.45) is 0 Å². The molecule has 0 unspecified atom stereocenters. The summed E-state index contributed by atoms with van der Waals surface area (Å²) in [6, 6.07) is 17.0. The van der Waals surface area contributed by atoms with Crippen molar-refractivity contribution in [3.8, 4) is 0 Å². The van der Waals surface area contributed by atoms with Crippen molar-refractivity contribution >= 4 is 45.9 Å². The third kappa shape index (κ3) is 4.71. The zero-order valence-corrected chi connectivity index (χ0v) is 16.7. The number of carbonyl (C=O) groups is 2. The van der Waals surface area contributed by atoms with Gasteiger partial charge < -0.3 is 4.74 Å². The molecule has 3 aromatic carbocycles. The minimum atomic E-state index is -0.429. The van der Waals surface area contributed by atoms with Crippen LogP contribution in [0.25, 0.3) is 10.8 Å². The Bertz CT molecular complexity index is 1010. The van der Waals surface area contributed by atoms with Crippen LogP contribution in [0.4, 0.5) is 0 Å². The van der Waals surface area contributed by atoms with Gasteiger partial charge in [0, 0.05) is 20.9 Å². The van der Waals surface area contributed by atoms with Crippen LogP contribution in [0.5, 0.6) is 0 Å². The van der Waals surface area contributed by atoms with Crippen LogP contribution in [-0.4, -0.2) is 24.1 Å². The predicted molar refractivity (Wildman–Crippen MR) is 111 cm³/mol. The van der Waals surface area contributed by atoms with Crippen molar-refractivity contribution in [2.45, 2.75) is 18.7 Å². The molecule has 0 aliphatic heterocycles. The summed E-state index contributed by atoms with van der Waals surface area (Å²) in [4.78, 5) is 25.2. The molecule has 3 aromatic rings. The van der Waals surface area contributed by atoms with Crippen LogP contribution in [0.1, 0.15) is 21.5 Å². The highest BCUT2D eigenvalue weighted by molar-refractivity contribution is 8.00. The first-order valence-corrected chi connectivity index (χ1v) is 9.88. The van der Waals surface area contributed by atoms with Crippen LogP contribution in [0.15, 0.2) is 59.5 Å². The van der Waals surface area contributed by atoms with Gasteiger partial charge in [-0.1, -0.05) is 48.0 Å². The van der Waals surface area contributed by atoms with Gasteiger partial charge in [-0.15, -0.1) is 11.8 Å². The molecular formula is C22H19ClO3S. The quantitative estimate of drug-likeness (QED) is 0.306. The predicted octanol–water partition coefficient (Wildman–Crippen LogP) is 5.63. The summed E-state index contributed by atoms with van der Waals surface area (Å²) in [7, 11) is 0. The summed E-state index contributed by atoms with van der Waals surface area (Å²) >= 11 is 7.65. The Morgan fingerprint density at radius 2 is 1.74 bits per heavy atom. The van der Waals surface area contributed by atoms with Gasteiger partial charge in [-0.05, 0) is 48.6 Å². The second kappa shape index (κ2) is 8.59.